The minimum Gasteiger partial charge on any atom is -0.454 e. The van der Waals surface area contributed by atoms with Gasteiger partial charge in [-0.3, -0.25) is 9.78 Å². The van der Waals surface area contributed by atoms with Crippen molar-refractivity contribution >= 4 is 5.91 Å². The summed E-state index contributed by atoms with van der Waals surface area (Å²) < 4.78 is 16.0. The van der Waals surface area contributed by atoms with E-state index in [2.05, 4.69) is 15.1 Å². The molecule has 0 fully saturated rings. The molecule has 0 atom stereocenters. The van der Waals surface area contributed by atoms with Crippen molar-refractivity contribution in [1.29, 1.82) is 0 Å². The van der Waals surface area contributed by atoms with E-state index in [1.807, 2.05) is 37.3 Å². The summed E-state index contributed by atoms with van der Waals surface area (Å²) in [5.74, 6) is 2.43. The van der Waals surface area contributed by atoms with Crippen LogP contribution in [0.15, 0.2) is 47.2 Å². The van der Waals surface area contributed by atoms with Gasteiger partial charge in [0.05, 0.1) is 0 Å². The average Bonchev–Trinajstić information content (AvgIpc) is 3.40. The van der Waals surface area contributed by atoms with Crippen LogP contribution < -0.4 is 9.47 Å². The molecule has 1 aromatic carbocycles. The molecular weight excluding hydrogens is 360 g/mol. The van der Waals surface area contributed by atoms with Gasteiger partial charge in [-0.15, -0.1) is 0 Å². The average molecular weight is 380 g/mol. The molecule has 0 unspecified atom stereocenters. The van der Waals surface area contributed by atoms with Gasteiger partial charge in [-0.05, 0) is 36.8 Å². The first kappa shape index (κ1) is 18.0. The molecule has 3 aromatic rings. The van der Waals surface area contributed by atoms with Crippen molar-refractivity contribution < 1.29 is 18.8 Å². The summed E-state index contributed by atoms with van der Waals surface area (Å²) in [4.78, 5) is 22.7. The molecule has 3 heterocycles. The third-order valence-corrected chi connectivity index (χ3v) is 4.50. The van der Waals surface area contributed by atoms with Crippen molar-refractivity contribution in [3.63, 3.8) is 0 Å². The van der Waals surface area contributed by atoms with E-state index < -0.39 is 0 Å². The monoisotopic (exact) mass is 380 g/mol. The molecule has 1 aliphatic rings. The smallest absolute Gasteiger partial charge is 0.231 e. The molecule has 0 spiro atoms. The second kappa shape index (κ2) is 8.08. The Kier molecular flexibility index (Phi) is 5.18. The molecule has 0 bridgehead atoms. The first-order valence-corrected chi connectivity index (χ1v) is 9.12. The van der Waals surface area contributed by atoms with Gasteiger partial charge < -0.3 is 18.9 Å². The fraction of sp³-hybridized carbons (Fsp3) is 0.300. The number of benzene rings is 1. The molecule has 8 nitrogen and oxygen atoms in total. The summed E-state index contributed by atoms with van der Waals surface area (Å²) in [5.41, 5.74) is 1.83. The minimum atomic E-state index is 0.0313. The number of pyridine rings is 1. The van der Waals surface area contributed by atoms with Crippen molar-refractivity contribution in [3.05, 3.63) is 54.2 Å². The zero-order valence-electron chi connectivity index (χ0n) is 15.5. The lowest BCUT2D eigenvalue weighted by molar-refractivity contribution is -0.131. The van der Waals surface area contributed by atoms with Crippen LogP contribution in [-0.2, 0) is 17.8 Å². The second-order valence-electron chi connectivity index (χ2n) is 6.34. The standard InChI is InChI=1S/C20H20N4O4/c1-2-24(12-14-3-4-16-17(11-14)27-13-26-16)19(25)6-5-18-22-20(23-28-18)15-7-9-21-10-8-15/h3-4,7-11H,2,5-6,12-13H2,1H3. The van der Waals surface area contributed by atoms with Gasteiger partial charge in [0.25, 0.3) is 0 Å². The van der Waals surface area contributed by atoms with E-state index >= 15 is 0 Å². The number of hydrogen-bond donors (Lipinski definition) is 0. The number of ether oxygens (including phenoxy) is 2. The van der Waals surface area contributed by atoms with Gasteiger partial charge in [-0.2, -0.15) is 4.98 Å². The fourth-order valence-electron chi connectivity index (χ4n) is 2.98. The Bertz CT molecular complexity index is 958. The summed E-state index contributed by atoms with van der Waals surface area (Å²) in [6, 6.07) is 9.35. The van der Waals surface area contributed by atoms with Crippen LogP contribution in [0.3, 0.4) is 0 Å². The lowest BCUT2D eigenvalue weighted by Crippen LogP contribution is -2.30. The largest absolute Gasteiger partial charge is 0.454 e. The minimum absolute atomic E-state index is 0.0313. The third-order valence-electron chi connectivity index (χ3n) is 4.50. The van der Waals surface area contributed by atoms with Crippen molar-refractivity contribution in [2.45, 2.75) is 26.3 Å². The van der Waals surface area contributed by atoms with Gasteiger partial charge in [0.2, 0.25) is 24.4 Å². The molecule has 0 N–H and O–H groups in total. The van der Waals surface area contributed by atoms with Crippen molar-refractivity contribution in [2.24, 2.45) is 0 Å². The summed E-state index contributed by atoms with van der Waals surface area (Å²) in [7, 11) is 0. The maximum atomic E-state index is 12.6. The van der Waals surface area contributed by atoms with Crippen LogP contribution >= 0.6 is 0 Å². The highest BCUT2D eigenvalue weighted by Gasteiger charge is 2.18. The molecule has 0 aliphatic carbocycles. The zero-order valence-corrected chi connectivity index (χ0v) is 15.5. The number of aromatic nitrogens is 3. The fourth-order valence-corrected chi connectivity index (χ4v) is 2.98. The molecule has 1 amide bonds. The molecule has 8 heteroatoms. The summed E-state index contributed by atoms with van der Waals surface area (Å²) in [5, 5.41) is 3.97. The van der Waals surface area contributed by atoms with Crippen LogP contribution in [0.4, 0.5) is 0 Å². The van der Waals surface area contributed by atoms with Crippen LogP contribution in [0.1, 0.15) is 24.8 Å². The number of nitrogens with zero attached hydrogens (tertiary/aromatic N) is 4. The van der Waals surface area contributed by atoms with E-state index in [9.17, 15) is 4.79 Å². The van der Waals surface area contributed by atoms with Gasteiger partial charge in [0.15, 0.2) is 11.5 Å². The topological polar surface area (TPSA) is 90.6 Å². The van der Waals surface area contributed by atoms with E-state index in [-0.39, 0.29) is 12.7 Å². The zero-order chi connectivity index (χ0) is 19.3. The quantitative estimate of drug-likeness (QED) is 0.622. The molecule has 144 valence electrons. The highest BCUT2D eigenvalue weighted by atomic mass is 16.7. The number of hydrogen-bond acceptors (Lipinski definition) is 7. The molecular formula is C20H20N4O4. The molecule has 2 aromatic heterocycles. The SMILES string of the molecule is CCN(Cc1ccc2c(c1)OCO2)C(=O)CCc1nc(-c2ccncc2)no1. The Morgan fingerprint density at radius 3 is 2.79 bits per heavy atom. The van der Waals surface area contributed by atoms with Crippen LogP contribution in [0.5, 0.6) is 11.5 Å². The molecule has 0 saturated heterocycles. The predicted molar refractivity (Wildman–Crippen MR) is 99.5 cm³/mol. The highest BCUT2D eigenvalue weighted by Crippen LogP contribution is 2.32. The Labute approximate surface area is 162 Å². The van der Waals surface area contributed by atoms with E-state index in [4.69, 9.17) is 14.0 Å². The number of aryl methyl sites for hydroxylation is 1. The Morgan fingerprint density at radius 1 is 1.14 bits per heavy atom. The molecule has 4 rings (SSSR count). The normalized spacial score (nSPS) is 12.2. The number of rotatable bonds is 7. The summed E-state index contributed by atoms with van der Waals surface area (Å²) in [6.07, 6.45) is 4.04. The van der Waals surface area contributed by atoms with Gasteiger partial charge in [-0.1, -0.05) is 11.2 Å². The van der Waals surface area contributed by atoms with E-state index in [0.29, 0.717) is 37.6 Å². The van der Waals surface area contributed by atoms with Crippen molar-refractivity contribution in [3.8, 4) is 22.9 Å². The number of amides is 1. The number of carbonyl (C=O) groups excluding carboxylic acids is 1. The summed E-state index contributed by atoms with van der Waals surface area (Å²) in [6.45, 7) is 3.32. The highest BCUT2D eigenvalue weighted by molar-refractivity contribution is 5.76. The van der Waals surface area contributed by atoms with E-state index in [1.54, 1.807) is 17.3 Å². The molecule has 0 radical (unpaired) electrons. The van der Waals surface area contributed by atoms with Gasteiger partial charge in [-0.25, -0.2) is 0 Å². The van der Waals surface area contributed by atoms with E-state index in [1.165, 1.54) is 0 Å². The van der Waals surface area contributed by atoms with Gasteiger partial charge in [0.1, 0.15) is 0 Å². The van der Waals surface area contributed by atoms with Crippen LogP contribution in [0, 0.1) is 0 Å². The molecule has 28 heavy (non-hydrogen) atoms. The maximum Gasteiger partial charge on any atom is 0.231 e. The lowest BCUT2D eigenvalue weighted by atomic mass is 10.1. The van der Waals surface area contributed by atoms with Crippen molar-refractivity contribution in [1.82, 2.24) is 20.0 Å². The first-order chi connectivity index (χ1) is 13.7. The number of carbonyl (C=O) groups is 1. The number of fused-ring (bicyclic) bond motifs is 1. The first-order valence-electron chi connectivity index (χ1n) is 9.12. The maximum absolute atomic E-state index is 12.6. The van der Waals surface area contributed by atoms with Crippen LogP contribution in [0.2, 0.25) is 0 Å². The molecule has 1 aliphatic heterocycles. The Morgan fingerprint density at radius 2 is 1.96 bits per heavy atom. The second-order valence-corrected chi connectivity index (χ2v) is 6.34. The summed E-state index contributed by atoms with van der Waals surface area (Å²) >= 11 is 0. The Balaban J connectivity index is 1.35. The van der Waals surface area contributed by atoms with Gasteiger partial charge >= 0.3 is 0 Å². The lowest BCUT2D eigenvalue weighted by Gasteiger charge is -2.21. The van der Waals surface area contributed by atoms with Crippen molar-refractivity contribution in [2.75, 3.05) is 13.3 Å². The van der Waals surface area contributed by atoms with E-state index in [0.717, 1.165) is 22.6 Å². The third kappa shape index (κ3) is 3.95. The van der Waals surface area contributed by atoms with Crippen LogP contribution in [-0.4, -0.2) is 39.3 Å². The Hall–Kier alpha value is -3.42. The molecule has 0 saturated carbocycles. The van der Waals surface area contributed by atoms with Crippen LogP contribution in [0.25, 0.3) is 11.4 Å². The van der Waals surface area contributed by atoms with Gasteiger partial charge in [0, 0.05) is 43.9 Å². The predicted octanol–water partition coefficient (Wildman–Crippen LogP) is 2.84.